The Kier molecular flexibility index (Phi) is 5.27. The maximum absolute atomic E-state index is 8.73. The monoisotopic (exact) mass is 283 g/mol. The van der Waals surface area contributed by atoms with Crippen LogP contribution in [0.4, 0.5) is 0 Å². The van der Waals surface area contributed by atoms with Gasteiger partial charge in [0.25, 0.3) is 0 Å². The molecule has 0 amide bonds. The van der Waals surface area contributed by atoms with Crippen molar-refractivity contribution in [3.05, 3.63) is 0 Å². The van der Waals surface area contributed by atoms with Crippen LogP contribution >= 0.6 is 0 Å². The summed E-state index contributed by atoms with van der Waals surface area (Å²) in [5.74, 6) is 0.379. The predicted molar refractivity (Wildman–Crippen MR) is 80.0 cm³/mol. The third kappa shape index (κ3) is 3.64. The Labute approximate surface area is 122 Å². The minimum Gasteiger partial charge on any atom is -0.409 e. The molecule has 1 saturated heterocycles. The van der Waals surface area contributed by atoms with E-state index < -0.39 is 0 Å². The highest BCUT2D eigenvalue weighted by molar-refractivity contribution is 5.82. The minimum atomic E-state index is 0.0711. The second kappa shape index (κ2) is 6.76. The van der Waals surface area contributed by atoms with Crippen molar-refractivity contribution in [2.45, 2.75) is 64.1 Å². The summed E-state index contributed by atoms with van der Waals surface area (Å²) in [4.78, 5) is 2.35. The summed E-state index contributed by atoms with van der Waals surface area (Å²) in [5.41, 5.74) is 5.87. The molecule has 0 bridgehead atoms. The lowest BCUT2D eigenvalue weighted by atomic mass is 9.98. The summed E-state index contributed by atoms with van der Waals surface area (Å²) in [6, 6.07) is 0. The second-order valence-electron chi connectivity index (χ2n) is 6.45. The van der Waals surface area contributed by atoms with Crippen molar-refractivity contribution in [1.29, 1.82) is 0 Å². The van der Waals surface area contributed by atoms with Gasteiger partial charge in [0.15, 0.2) is 0 Å². The number of nitrogens with two attached hydrogens (primary N) is 1. The van der Waals surface area contributed by atoms with E-state index in [1.165, 1.54) is 38.5 Å². The molecule has 1 heterocycles. The van der Waals surface area contributed by atoms with Crippen LogP contribution in [-0.4, -0.2) is 47.3 Å². The SMILES string of the molecule is CCN(CC1CCC2(CCCC2)O1)CC(C)C(N)=NO. The minimum absolute atomic E-state index is 0.0711. The highest BCUT2D eigenvalue weighted by atomic mass is 16.5. The average Bonchev–Trinajstić information content (AvgIpc) is 3.07. The number of nitrogens with zero attached hydrogens (tertiary/aromatic N) is 2. The summed E-state index contributed by atoms with van der Waals surface area (Å²) < 4.78 is 6.36. The smallest absolute Gasteiger partial charge is 0.143 e. The molecule has 20 heavy (non-hydrogen) atoms. The van der Waals surface area contributed by atoms with Crippen molar-refractivity contribution >= 4 is 5.84 Å². The quantitative estimate of drug-likeness (QED) is 0.339. The van der Waals surface area contributed by atoms with Gasteiger partial charge in [-0.3, -0.25) is 0 Å². The molecule has 0 aromatic heterocycles. The van der Waals surface area contributed by atoms with Crippen LogP contribution in [0.25, 0.3) is 0 Å². The van der Waals surface area contributed by atoms with Gasteiger partial charge in [0.1, 0.15) is 5.84 Å². The lowest BCUT2D eigenvalue weighted by molar-refractivity contribution is -0.0473. The Morgan fingerprint density at radius 3 is 2.75 bits per heavy atom. The number of rotatable bonds is 6. The van der Waals surface area contributed by atoms with Gasteiger partial charge in [-0.25, -0.2) is 0 Å². The zero-order chi connectivity index (χ0) is 14.6. The molecule has 2 fully saturated rings. The summed E-state index contributed by atoms with van der Waals surface area (Å²) in [6.45, 7) is 6.89. The van der Waals surface area contributed by atoms with Gasteiger partial charge in [0.2, 0.25) is 0 Å². The number of ether oxygens (including phenoxy) is 1. The van der Waals surface area contributed by atoms with Gasteiger partial charge in [-0.2, -0.15) is 0 Å². The lowest BCUT2D eigenvalue weighted by Crippen LogP contribution is -2.39. The van der Waals surface area contributed by atoms with E-state index in [9.17, 15) is 0 Å². The Morgan fingerprint density at radius 1 is 1.45 bits per heavy atom. The molecular weight excluding hydrogens is 254 g/mol. The Bertz CT molecular complexity index is 340. The molecule has 2 rings (SSSR count). The molecule has 0 radical (unpaired) electrons. The van der Waals surface area contributed by atoms with Crippen LogP contribution in [-0.2, 0) is 4.74 Å². The molecule has 1 spiro atoms. The fourth-order valence-corrected chi connectivity index (χ4v) is 3.61. The van der Waals surface area contributed by atoms with Crippen molar-refractivity contribution in [2.75, 3.05) is 19.6 Å². The van der Waals surface area contributed by atoms with E-state index >= 15 is 0 Å². The number of oxime groups is 1. The van der Waals surface area contributed by atoms with Crippen LogP contribution in [0.1, 0.15) is 52.4 Å². The molecule has 2 unspecified atom stereocenters. The van der Waals surface area contributed by atoms with Crippen molar-refractivity contribution < 1.29 is 9.94 Å². The van der Waals surface area contributed by atoms with Gasteiger partial charge in [0, 0.05) is 19.0 Å². The van der Waals surface area contributed by atoms with Crippen LogP contribution in [0.3, 0.4) is 0 Å². The standard InChI is InChI=1S/C15H29N3O2/c1-3-18(10-12(2)14(16)17-19)11-13-6-9-15(20-13)7-4-5-8-15/h12-13,19H,3-11H2,1-2H3,(H2,16,17). The highest BCUT2D eigenvalue weighted by Crippen LogP contribution is 2.43. The maximum Gasteiger partial charge on any atom is 0.143 e. The van der Waals surface area contributed by atoms with Gasteiger partial charge in [-0.05, 0) is 32.2 Å². The molecular formula is C15H29N3O2. The molecule has 0 aromatic rings. The maximum atomic E-state index is 8.73. The van der Waals surface area contributed by atoms with E-state index in [2.05, 4.69) is 17.0 Å². The first-order chi connectivity index (χ1) is 9.58. The van der Waals surface area contributed by atoms with Gasteiger partial charge in [-0.1, -0.05) is 31.8 Å². The summed E-state index contributed by atoms with van der Waals surface area (Å²) in [7, 11) is 0. The van der Waals surface area contributed by atoms with E-state index in [4.69, 9.17) is 15.7 Å². The molecule has 5 heteroatoms. The van der Waals surface area contributed by atoms with E-state index in [1.54, 1.807) is 0 Å². The first-order valence-electron chi connectivity index (χ1n) is 7.96. The molecule has 1 saturated carbocycles. The summed E-state index contributed by atoms with van der Waals surface area (Å²) >= 11 is 0. The molecule has 2 aliphatic rings. The molecule has 2 atom stereocenters. The van der Waals surface area contributed by atoms with Gasteiger partial charge >= 0.3 is 0 Å². The molecule has 3 N–H and O–H groups in total. The fraction of sp³-hybridized carbons (Fsp3) is 0.933. The zero-order valence-corrected chi connectivity index (χ0v) is 12.8. The van der Waals surface area contributed by atoms with Gasteiger partial charge in [0.05, 0.1) is 11.7 Å². The molecule has 1 aliphatic carbocycles. The van der Waals surface area contributed by atoms with Crippen LogP contribution in [0, 0.1) is 5.92 Å². The Balaban J connectivity index is 1.82. The predicted octanol–water partition coefficient (Wildman–Crippen LogP) is 2.18. The zero-order valence-electron chi connectivity index (χ0n) is 12.8. The normalized spacial score (nSPS) is 27.6. The number of likely N-dealkylation sites (N-methyl/N-ethyl adjacent to an activating group) is 1. The molecule has 1 aliphatic heterocycles. The topological polar surface area (TPSA) is 71.1 Å². The largest absolute Gasteiger partial charge is 0.409 e. The van der Waals surface area contributed by atoms with Crippen LogP contribution in [0.15, 0.2) is 5.16 Å². The lowest BCUT2D eigenvalue weighted by Gasteiger charge is -2.29. The Hall–Kier alpha value is -0.810. The molecule has 116 valence electrons. The van der Waals surface area contributed by atoms with Crippen molar-refractivity contribution in [3.63, 3.8) is 0 Å². The summed E-state index contributed by atoms with van der Waals surface area (Å²) in [5, 5.41) is 11.8. The van der Waals surface area contributed by atoms with Gasteiger partial charge < -0.3 is 20.6 Å². The van der Waals surface area contributed by atoms with E-state index in [1.807, 2.05) is 6.92 Å². The Morgan fingerprint density at radius 2 is 2.15 bits per heavy atom. The third-order valence-corrected chi connectivity index (χ3v) is 4.91. The number of amidine groups is 1. The second-order valence-corrected chi connectivity index (χ2v) is 6.45. The van der Waals surface area contributed by atoms with Crippen molar-refractivity contribution in [3.8, 4) is 0 Å². The van der Waals surface area contributed by atoms with Gasteiger partial charge in [-0.15, -0.1) is 0 Å². The average molecular weight is 283 g/mol. The van der Waals surface area contributed by atoms with Crippen LogP contribution in [0.5, 0.6) is 0 Å². The summed E-state index contributed by atoms with van der Waals surface area (Å²) in [6.07, 6.45) is 7.90. The first kappa shape index (κ1) is 15.6. The molecule has 5 nitrogen and oxygen atoms in total. The van der Waals surface area contributed by atoms with Crippen molar-refractivity contribution in [1.82, 2.24) is 4.90 Å². The van der Waals surface area contributed by atoms with Crippen LogP contribution in [0.2, 0.25) is 0 Å². The fourth-order valence-electron chi connectivity index (χ4n) is 3.61. The van der Waals surface area contributed by atoms with E-state index in [-0.39, 0.29) is 11.5 Å². The highest BCUT2D eigenvalue weighted by Gasteiger charge is 2.42. The van der Waals surface area contributed by atoms with E-state index in [0.717, 1.165) is 19.6 Å². The third-order valence-electron chi connectivity index (χ3n) is 4.91. The number of hydrogen-bond donors (Lipinski definition) is 2. The first-order valence-corrected chi connectivity index (χ1v) is 7.96. The van der Waals surface area contributed by atoms with E-state index in [0.29, 0.717) is 11.9 Å². The number of hydrogen-bond acceptors (Lipinski definition) is 4. The van der Waals surface area contributed by atoms with Crippen LogP contribution < -0.4 is 5.73 Å². The molecule has 0 aromatic carbocycles. The van der Waals surface area contributed by atoms with Crippen molar-refractivity contribution in [2.24, 2.45) is 16.8 Å².